The first kappa shape index (κ1) is 10.6. The highest BCUT2D eigenvalue weighted by atomic mass is 35.6. The van der Waals surface area contributed by atoms with Gasteiger partial charge in [0.2, 0.25) is 0 Å². The summed E-state index contributed by atoms with van der Waals surface area (Å²) >= 11 is 13.5. The van der Waals surface area contributed by atoms with Crippen LogP contribution >= 0.6 is 34.8 Å². The summed E-state index contributed by atoms with van der Waals surface area (Å²) in [6, 6.07) is 0. The quantitative estimate of drug-likeness (QED) is 0.467. The van der Waals surface area contributed by atoms with Crippen molar-refractivity contribution in [2.75, 3.05) is 0 Å². The number of rotatable bonds is 1. The minimum atomic E-state index is -4.68. The van der Waals surface area contributed by atoms with Crippen LogP contribution in [0.2, 0.25) is 0 Å². The highest BCUT2D eigenvalue weighted by molar-refractivity contribution is 6.68. The second-order valence-electron chi connectivity index (χ2n) is 1.33. The average Bonchev–Trinajstić information content (AvgIpc) is 1.62. The number of hydrogen-bond donors (Lipinski definition) is 0. The van der Waals surface area contributed by atoms with E-state index in [1.165, 1.54) is 0 Å². The molecule has 0 rings (SSSR count). The molecule has 1 radical (unpaired) electrons. The Hall–Kier alpha value is 0.590. The summed E-state index contributed by atoms with van der Waals surface area (Å²) in [4.78, 5) is 0. The SMILES string of the molecule is F[C](F)C(F)(F)C(Cl)(Cl)Cl. The van der Waals surface area contributed by atoms with Gasteiger partial charge < -0.3 is 0 Å². The summed E-state index contributed by atoms with van der Waals surface area (Å²) in [7, 11) is 0. The molecule has 0 heterocycles. The Bertz CT molecular complexity index is 117. The van der Waals surface area contributed by atoms with Crippen molar-refractivity contribution in [2.45, 2.75) is 9.72 Å². The van der Waals surface area contributed by atoms with E-state index in [1.807, 2.05) is 0 Å². The number of alkyl halides is 5. The van der Waals surface area contributed by atoms with Gasteiger partial charge in [0.15, 0.2) is 0 Å². The molecular formula is C3Cl3F4. The first-order valence-electron chi connectivity index (χ1n) is 1.82. The summed E-state index contributed by atoms with van der Waals surface area (Å²) in [6.45, 7) is 0. The van der Waals surface area contributed by atoms with Crippen LogP contribution in [0.3, 0.4) is 0 Å². The van der Waals surface area contributed by atoms with Crippen LogP contribution in [0.1, 0.15) is 0 Å². The third kappa shape index (κ3) is 2.04. The summed E-state index contributed by atoms with van der Waals surface area (Å²) in [5.74, 6) is -4.68. The van der Waals surface area contributed by atoms with E-state index < -0.39 is 16.1 Å². The van der Waals surface area contributed by atoms with E-state index in [0.717, 1.165) is 0 Å². The van der Waals surface area contributed by atoms with Gasteiger partial charge in [-0.1, -0.05) is 34.8 Å². The molecular weight excluding hydrogens is 218 g/mol. The van der Waals surface area contributed by atoms with Crippen LogP contribution in [0.4, 0.5) is 17.6 Å². The molecule has 0 aliphatic rings. The van der Waals surface area contributed by atoms with Gasteiger partial charge in [0, 0.05) is 0 Å². The van der Waals surface area contributed by atoms with Gasteiger partial charge in [0.25, 0.3) is 3.79 Å². The molecule has 0 spiro atoms. The number of halogens is 7. The lowest BCUT2D eigenvalue weighted by Gasteiger charge is -2.20. The summed E-state index contributed by atoms with van der Waals surface area (Å²) in [6.07, 6.45) is -3.22. The minimum Gasteiger partial charge on any atom is -0.195 e. The first-order valence-corrected chi connectivity index (χ1v) is 2.96. The molecule has 0 atom stereocenters. The Kier molecular flexibility index (Phi) is 3.08. The first-order chi connectivity index (χ1) is 4.19. The largest absolute Gasteiger partial charge is 0.382 e. The Morgan fingerprint density at radius 1 is 1.00 bits per heavy atom. The zero-order chi connectivity index (χ0) is 8.58. The molecule has 10 heavy (non-hydrogen) atoms. The second kappa shape index (κ2) is 2.91. The van der Waals surface area contributed by atoms with Gasteiger partial charge in [0.05, 0.1) is 0 Å². The molecule has 0 saturated carbocycles. The topological polar surface area (TPSA) is 0 Å². The normalized spacial score (nSPS) is 14.4. The molecule has 0 fully saturated rings. The van der Waals surface area contributed by atoms with E-state index >= 15 is 0 Å². The van der Waals surface area contributed by atoms with E-state index in [-0.39, 0.29) is 0 Å². The van der Waals surface area contributed by atoms with Gasteiger partial charge in [-0.2, -0.15) is 17.6 Å². The van der Waals surface area contributed by atoms with Crippen LogP contribution in [-0.2, 0) is 0 Å². The Morgan fingerprint density at radius 3 is 1.30 bits per heavy atom. The van der Waals surface area contributed by atoms with Crippen molar-refractivity contribution >= 4 is 34.8 Å². The molecule has 0 aromatic heterocycles. The Labute approximate surface area is 69.0 Å². The molecule has 0 aliphatic heterocycles. The molecule has 0 saturated heterocycles. The summed E-state index contributed by atoms with van der Waals surface area (Å²) < 4.78 is 42.9. The van der Waals surface area contributed by atoms with Gasteiger partial charge in [0.1, 0.15) is 0 Å². The van der Waals surface area contributed by atoms with E-state index in [4.69, 9.17) is 0 Å². The zero-order valence-electron chi connectivity index (χ0n) is 4.15. The molecule has 0 aliphatic carbocycles. The fourth-order valence-corrected chi connectivity index (χ4v) is 0.321. The number of hydrogen-bond acceptors (Lipinski definition) is 0. The van der Waals surface area contributed by atoms with Crippen molar-refractivity contribution < 1.29 is 17.6 Å². The van der Waals surface area contributed by atoms with E-state index in [2.05, 4.69) is 34.8 Å². The van der Waals surface area contributed by atoms with Gasteiger partial charge in [-0.15, -0.1) is 0 Å². The molecule has 0 amide bonds. The van der Waals surface area contributed by atoms with Gasteiger partial charge in [-0.3, -0.25) is 0 Å². The Balaban J connectivity index is 4.40. The van der Waals surface area contributed by atoms with Crippen LogP contribution in [0, 0.1) is 6.43 Å². The molecule has 61 valence electrons. The van der Waals surface area contributed by atoms with Crippen molar-refractivity contribution in [3.05, 3.63) is 6.43 Å². The van der Waals surface area contributed by atoms with Crippen molar-refractivity contribution in [3.8, 4) is 0 Å². The molecule has 0 unspecified atom stereocenters. The minimum absolute atomic E-state index is 3.22. The van der Waals surface area contributed by atoms with Gasteiger partial charge >= 0.3 is 12.3 Å². The highest BCUT2D eigenvalue weighted by Crippen LogP contribution is 2.48. The zero-order valence-corrected chi connectivity index (χ0v) is 6.41. The highest BCUT2D eigenvalue weighted by Gasteiger charge is 2.59. The molecule has 0 N–H and O–H groups in total. The van der Waals surface area contributed by atoms with Crippen molar-refractivity contribution in [1.82, 2.24) is 0 Å². The van der Waals surface area contributed by atoms with Crippen LogP contribution in [0.25, 0.3) is 0 Å². The smallest absolute Gasteiger partial charge is 0.195 e. The van der Waals surface area contributed by atoms with Crippen LogP contribution in [0.5, 0.6) is 0 Å². The maximum Gasteiger partial charge on any atom is 0.382 e. The third-order valence-corrected chi connectivity index (χ3v) is 1.31. The Morgan fingerprint density at radius 2 is 1.30 bits per heavy atom. The van der Waals surface area contributed by atoms with Crippen molar-refractivity contribution in [3.63, 3.8) is 0 Å². The van der Waals surface area contributed by atoms with Crippen LogP contribution in [0.15, 0.2) is 0 Å². The summed E-state index contributed by atoms with van der Waals surface area (Å²) in [5.41, 5.74) is 0. The predicted molar refractivity (Wildman–Crippen MR) is 30.7 cm³/mol. The van der Waals surface area contributed by atoms with Gasteiger partial charge in [-0.25, -0.2) is 0 Å². The monoisotopic (exact) mass is 217 g/mol. The van der Waals surface area contributed by atoms with Gasteiger partial charge in [-0.05, 0) is 0 Å². The maximum absolute atomic E-state index is 11.9. The van der Waals surface area contributed by atoms with Crippen molar-refractivity contribution in [1.29, 1.82) is 0 Å². The summed E-state index contributed by atoms with van der Waals surface area (Å²) in [5, 5.41) is 0. The van der Waals surface area contributed by atoms with E-state index in [1.54, 1.807) is 0 Å². The molecule has 0 aromatic carbocycles. The fraction of sp³-hybridized carbons (Fsp3) is 0.667. The lowest BCUT2D eigenvalue weighted by Crippen LogP contribution is -2.36. The maximum atomic E-state index is 11.9. The predicted octanol–water partition coefficient (Wildman–Crippen LogP) is 3.42. The van der Waals surface area contributed by atoms with E-state index in [0.29, 0.717) is 0 Å². The van der Waals surface area contributed by atoms with E-state index in [9.17, 15) is 17.6 Å². The lowest BCUT2D eigenvalue weighted by molar-refractivity contribution is -0.0557. The molecule has 0 nitrogen and oxygen atoms in total. The fourth-order valence-electron chi connectivity index (χ4n) is 0.107. The van der Waals surface area contributed by atoms with Crippen molar-refractivity contribution in [2.24, 2.45) is 0 Å². The molecule has 0 bridgehead atoms. The van der Waals surface area contributed by atoms with Crippen LogP contribution < -0.4 is 0 Å². The molecule has 7 heteroatoms. The average molecular weight is 218 g/mol. The lowest BCUT2D eigenvalue weighted by atomic mass is 10.4. The molecule has 0 aromatic rings. The second-order valence-corrected chi connectivity index (χ2v) is 3.61. The third-order valence-electron chi connectivity index (χ3n) is 0.593. The van der Waals surface area contributed by atoms with Crippen LogP contribution in [-0.4, -0.2) is 9.72 Å². The standard InChI is InChI=1S/C3Cl3F4/c4-3(5,6)2(9,10)1(7)8.